The molecule has 270 valence electrons. The van der Waals surface area contributed by atoms with E-state index in [1.165, 1.54) is 86.6 Å². The quantitative estimate of drug-likeness (QED) is 0.164. The third kappa shape index (κ3) is 5.59. The highest BCUT2D eigenvalue weighted by atomic mass is 32.1. The maximum absolute atomic E-state index is 2.42. The zero-order valence-electron chi connectivity index (χ0n) is 31.9. The van der Waals surface area contributed by atoms with E-state index >= 15 is 0 Å². The summed E-state index contributed by atoms with van der Waals surface area (Å²) in [6, 6.07) is 73.9. The van der Waals surface area contributed by atoms with Gasteiger partial charge in [0.1, 0.15) is 0 Å². The molecular weight excluding hydrogens is 707 g/mol. The highest BCUT2D eigenvalue weighted by Gasteiger charge is 2.35. The Kier molecular flexibility index (Phi) is 7.77. The molecule has 0 radical (unpaired) electrons. The Morgan fingerprint density at radius 3 is 1.72 bits per heavy atom. The van der Waals surface area contributed by atoms with Crippen LogP contribution in [0.3, 0.4) is 0 Å². The number of fused-ring (bicyclic) bond motifs is 7. The van der Waals surface area contributed by atoms with Crippen LogP contribution >= 0.6 is 11.3 Å². The monoisotopic (exact) mass is 745 g/mol. The molecule has 1 heterocycles. The van der Waals surface area contributed by atoms with Crippen molar-refractivity contribution >= 4 is 59.3 Å². The van der Waals surface area contributed by atoms with Gasteiger partial charge in [-0.2, -0.15) is 0 Å². The number of rotatable bonds is 6. The van der Waals surface area contributed by atoms with Crippen molar-refractivity contribution in [2.75, 3.05) is 4.90 Å². The van der Waals surface area contributed by atoms with Crippen molar-refractivity contribution in [1.82, 2.24) is 0 Å². The number of benzene rings is 9. The molecule has 0 aliphatic heterocycles. The Bertz CT molecular complexity index is 3140. The number of nitrogens with zero attached hydrogens (tertiary/aromatic N) is 1. The van der Waals surface area contributed by atoms with Crippen LogP contribution in [0.5, 0.6) is 0 Å². The van der Waals surface area contributed by atoms with Gasteiger partial charge < -0.3 is 4.90 Å². The Labute approximate surface area is 337 Å². The van der Waals surface area contributed by atoms with Gasteiger partial charge in [-0.3, -0.25) is 0 Å². The van der Waals surface area contributed by atoms with Crippen LogP contribution in [-0.4, -0.2) is 0 Å². The fraction of sp³-hybridized carbons (Fsp3) is 0.0545. The summed E-state index contributed by atoms with van der Waals surface area (Å²) in [7, 11) is 0. The predicted octanol–water partition coefficient (Wildman–Crippen LogP) is 16.0. The fourth-order valence-corrected chi connectivity index (χ4v) is 10.2. The first-order valence-electron chi connectivity index (χ1n) is 19.7. The molecule has 0 amide bonds. The lowest BCUT2D eigenvalue weighted by Crippen LogP contribution is -2.16. The van der Waals surface area contributed by atoms with E-state index in [-0.39, 0.29) is 5.41 Å². The van der Waals surface area contributed by atoms with Gasteiger partial charge in [0.05, 0.1) is 0 Å². The molecule has 0 saturated heterocycles. The molecule has 0 saturated carbocycles. The maximum Gasteiger partial charge on any atom is 0.0465 e. The van der Waals surface area contributed by atoms with Crippen LogP contribution in [0.4, 0.5) is 17.1 Å². The minimum atomic E-state index is -0.0963. The lowest BCUT2D eigenvalue weighted by atomic mass is 9.82. The Hall–Kier alpha value is -6.74. The van der Waals surface area contributed by atoms with Crippen molar-refractivity contribution in [1.29, 1.82) is 0 Å². The lowest BCUT2D eigenvalue weighted by molar-refractivity contribution is 0.660. The van der Waals surface area contributed by atoms with Crippen molar-refractivity contribution in [3.8, 4) is 44.5 Å². The normalized spacial score (nSPS) is 12.9. The molecule has 10 aromatic rings. The van der Waals surface area contributed by atoms with Gasteiger partial charge in [-0.05, 0) is 127 Å². The van der Waals surface area contributed by atoms with E-state index in [2.05, 4.69) is 219 Å². The second-order valence-corrected chi connectivity index (χ2v) is 16.8. The van der Waals surface area contributed by atoms with Crippen LogP contribution in [0.1, 0.15) is 25.0 Å². The lowest BCUT2D eigenvalue weighted by Gasteiger charge is -2.28. The van der Waals surface area contributed by atoms with Crippen LogP contribution < -0.4 is 4.90 Å². The largest absolute Gasteiger partial charge is 0.310 e. The van der Waals surface area contributed by atoms with E-state index in [0.717, 1.165) is 17.1 Å². The summed E-state index contributed by atoms with van der Waals surface area (Å²) in [4.78, 5) is 2.41. The van der Waals surface area contributed by atoms with E-state index in [4.69, 9.17) is 0 Å². The molecule has 1 aliphatic carbocycles. The first-order chi connectivity index (χ1) is 28.0. The Morgan fingerprint density at radius 1 is 0.351 bits per heavy atom. The van der Waals surface area contributed by atoms with Gasteiger partial charge in [0, 0.05) is 42.6 Å². The molecule has 2 heteroatoms. The van der Waals surface area contributed by atoms with E-state index < -0.39 is 0 Å². The van der Waals surface area contributed by atoms with Gasteiger partial charge in [-0.1, -0.05) is 153 Å². The van der Waals surface area contributed by atoms with Crippen LogP contribution in [0, 0.1) is 0 Å². The highest BCUT2D eigenvalue weighted by molar-refractivity contribution is 7.25. The molecule has 1 nitrogen and oxygen atoms in total. The second kappa shape index (κ2) is 13.2. The summed E-state index contributed by atoms with van der Waals surface area (Å²) in [5, 5.41) is 5.18. The number of hydrogen-bond donors (Lipinski definition) is 0. The summed E-state index contributed by atoms with van der Waals surface area (Å²) in [6.07, 6.45) is 0. The molecule has 0 spiro atoms. The van der Waals surface area contributed by atoms with E-state index in [0.29, 0.717) is 0 Å². The summed E-state index contributed by atoms with van der Waals surface area (Å²) in [5.41, 5.74) is 16.0. The zero-order chi connectivity index (χ0) is 38.1. The van der Waals surface area contributed by atoms with E-state index in [9.17, 15) is 0 Å². The molecule has 0 fully saturated rings. The van der Waals surface area contributed by atoms with Crippen molar-refractivity contribution in [3.63, 3.8) is 0 Å². The molecule has 11 rings (SSSR count). The first-order valence-corrected chi connectivity index (χ1v) is 20.6. The summed E-state index contributed by atoms with van der Waals surface area (Å²) in [6.45, 7) is 4.71. The summed E-state index contributed by atoms with van der Waals surface area (Å²) >= 11 is 1.86. The third-order valence-electron chi connectivity index (χ3n) is 12.1. The first kappa shape index (κ1) is 33.6. The smallest absolute Gasteiger partial charge is 0.0465 e. The van der Waals surface area contributed by atoms with Crippen LogP contribution in [0.2, 0.25) is 0 Å². The second-order valence-electron chi connectivity index (χ2n) is 15.7. The van der Waals surface area contributed by atoms with Crippen LogP contribution in [0.15, 0.2) is 200 Å². The van der Waals surface area contributed by atoms with Crippen molar-refractivity contribution in [2.24, 2.45) is 0 Å². The number of hydrogen-bond acceptors (Lipinski definition) is 2. The van der Waals surface area contributed by atoms with Crippen molar-refractivity contribution < 1.29 is 0 Å². The molecular formula is C55H39NS. The maximum atomic E-state index is 2.42. The average Bonchev–Trinajstić information content (AvgIpc) is 3.75. The van der Waals surface area contributed by atoms with E-state index in [1.54, 1.807) is 0 Å². The molecule has 0 N–H and O–H groups in total. The van der Waals surface area contributed by atoms with Crippen molar-refractivity contribution in [2.45, 2.75) is 19.3 Å². The molecule has 57 heavy (non-hydrogen) atoms. The predicted molar refractivity (Wildman–Crippen MR) is 245 cm³/mol. The van der Waals surface area contributed by atoms with Gasteiger partial charge in [-0.15, -0.1) is 11.3 Å². The van der Waals surface area contributed by atoms with Gasteiger partial charge in [0.2, 0.25) is 0 Å². The molecule has 1 aromatic heterocycles. The Morgan fingerprint density at radius 2 is 0.912 bits per heavy atom. The van der Waals surface area contributed by atoms with Crippen LogP contribution in [0.25, 0.3) is 75.5 Å². The third-order valence-corrected chi connectivity index (χ3v) is 13.2. The standard InChI is InChI=1S/C55H39NS/c1-55(2)51-19-7-5-16-47(51)48-31-30-44(35-52(48)55)56(43-28-23-37(24-29-43)40-25-32-54-50(34-40)49-17-6-8-20-53(49)57-54)42-26-21-36(22-27-42)39-13-9-14-41(33-39)46-18-10-12-38-11-3-4-15-45(38)46/h3-35H,1-2H3. The van der Waals surface area contributed by atoms with Gasteiger partial charge >= 0.3 is 0 Å². The van der Waals surface area contributed by atoms with Gasteiger partial charge in [0.25, 0.3) is 0 Å². The SMILES string of the molecule is CC1(C)c2ccccc2-c2ccc(N(c3ccc(-c4cccc(-c5cccc6ccccc56)c4)cc3)c3ccc(-c4ccc5sc6ccccc6c5c4)cc3)cc21. The molecule has 0 bridgehead atoms. The topological polar surface area (TPSA) is 3.24 Å². The number of thiophene rings is 1. The molecule has 1 aliphatic rings. The molecule has 0 unspecified atom stereocenters. The van der Waals surface area contributed by atoms with Crippen molar-refractivity contribution in [3.05, 3.63) is 211 Å². The highest BCUT2D eigenvalue weighted by Crippen LogP contribution is 2.51. The number of anilines is 3. The molecule has 9 aromatic carbocycles. The van der Waals surface area contributed by atoms with Crippen LogP contribution in [-0.2, 0) is 5.41 Å². The minimum absolute atomic E-state index is 0.0963. The molecule has 0 atom stereocenters. The van der Waals surface area contributed by atoms with Gasteiger partial charge in [-0.25, -0.2) is 0 Å². The Balaban J connectivity index is 0.989. The average molecular weight is 746 g/mol. The fourth-order valence-electron chi connectivity index (χ4n) is 9.13. The summed E-state index contributed by atoms with van der Waals surface area (Å²) < 4.78 is 2.66. The van der Waals surface area contributed by atoms with E-state index in [1.807, 2.05) is 11.3 Å². The summed E-state index contributed by atoms with van der Waals surface area (Å²) in [5.74, 6) is 0. The minimum Gasteiger partial charge on any atom is -0.310 e. The van der Waals surface area contributed by atoms with Gasteiger partial charge in [0.15, 0.2) is 0 Å². The zero-order valence-corrected chi connectivity index (χ0v) is 32.7.